The highest BCUT2D eigenvalue weighted by Crippen LogP contribution is 2.25. The summed E-state index contributed by atoms with van der Waals surface area (Å²) in [6, 6.07) is 14.5. The van der Waals surface area contributed by atoms with Crippen LogP contribution in [0.25, 0.3) is 0 Å². The van der Waals surface area contributed by atoms with E-state index in [1.54, 1.807) is 30.3 Å². The lowest BCUT2D eigenvalue weighted by Crippen LogP contribution is -1.98. The normalized spacial score (nSPS) is 11.8. The molecule has 0 aliphatic heterocycles. The first-order valence-electron chi connectivity index (χ1n) is 5.09. The summed E-state index contributed by atoms with van der Waals surface area (Å²) in [5.41, 5.74) is 0.618. The van der Waals surface area contributed by atoms with Crippen LogP contribution in [0.4, 0.5) is 11.4 Å². The Morgan fingerprint density at radius 3 is 2.11 bits per heavy atom. The number of nitrogens with zero attached hydrogens (tertiary/aromatic N) is 2. The third-order valence-corrected chi connectivity index (χ3v) is 3.05. The van der Waals surface area contributed by atoms with Crippen LogP contribution in [0.3, 0.4) is 0 Å². The summed E-state index contributed by atoms with van der Waals surface area (Å²) in [6.07, 6.45) is 0. The molecule has 0 saturated heterocycles. The number of hydrogen-bond donors (Lipinski definition) is 0. The first-order chi connectivity index (χ1) is 8.57. The third-order valence-electron chi connectivity index (χ3n) is 2.16. The van der Waals surface area contributed by atoms with Crippen LogP contribution in [0.2, 0.25) is 0 Å². The molecule has 0 amide bonds. The predicted octanol–water partition coefficient (Wildman–Crippen LogP) is 3.01. The van der Waals surface area contributed by atoms with E-state index in [0.717, 1.165) is 0 Å². The van der Waals surface area contributed by atoms with Gasteiger partial charge in [-0.05, 0) is 24.3 Å². The third kappa shape index (κ3) is 2.99. The molecular formula is C12H9N2O3S-. The highest BCUT2D eigenvalue weighted by atomic mass is 32.2. The van der Waals surface area contributed by atoms with Gasteiger partial charge in [-0.2, -0.15) is 5.11 Å². The Morgan fingerprint density at radius 2 is 1.44 bits per heavy atom. The van der Waals surface area contributed by atoms with Crippen molar-refractivity contribution in [1.82, 2.24) is 0 Å². The molecule has 0 spiro atoms. The zero-order valence-corrected chi connectivity index (χ0v) is 10.0. The molecule has 2 aromatic carbocycles. The van der Waals surface area contributed by atoms with Gasteiger partial charge in [0.25, 0.3) is 0 Å². The van der Waals surface area contributed by atoms with Gasteiger partial charge < -0.3 is 4.55 Å². The summed E-state index contributed by atoms with van der Waals surface area (Å²) in [7, 11) is -4.54. The monoisotopic (exact) mass is 261 g/mol. The van der Waals surface area contributed by atoms with Crippen molar-refractivity contribution in [3.63, 3.8) is 0 Å². The molecule has 92 valence electrons. The van der Waals surface area contributed by atoms with Gasteiger partial charge >= 0.3 is 0 Å². The van der Waals surface area contributed by atoms with Crippen LogP contribution in [-0.4, -0.2) is 13.0 Å². The molecule has 0 aromatic heterocycles. The molecule has 6 heteroatoms. The molecule has 2 rings (SSSR count). The van der Waals surface area contributed by atoms with Crippen LogP contribution >= 0.6 is 0 Å². The van der Waals surface area contributed by atoms with E-state index < -0.39 is 10.1 Å². The molecule has 0 aliphatic rings. The molecule has 0 heterocycles. The lowest BCUT2D eigenvalue weighted by molar-refractivity contribution is 0.463. The second-order valence-corrected chi connectivity index (χ2v) is 4.81. The van der Waals surface area contributed by atoms with E-state index in [2.05, 4.69) is 10.2 Å². The van der Waals surface area contributed by atoms with Crippen molar-refractivity contribution in [3.05, 3.63) is 54.6 Å². The van der Waals surface area contributed by atoms with Crippen LogP contribution in [0.15, 0.2) is 69.7 Å². The maximum absolute atomic E-state index is 11.0. The van der Waals surface area contributed by atoms with E-state index >= 15 is 0 Å². The average molecular weight is 261 g/mol. The Hall–Kier alpha value is -2.05. The molecule has 0 fully saturated rings. The Bertz CT molecular complexity index is 667. The van der Waals surface area contributed by atoms with E-state index in [-0.39, 0.29) is 10.6 Å². The van der Waals surface area contributed by atoms with E-state index in [1.807, 2.05) is 6.07 Å². The Kier molecular flexibility index (Phi) is 3.50. The van der Waals surface area contributed by atoms with Gasteiger partial charge in [0.15, 0.2) is 0 Å². The van der Waals surface area contributed by atoms with Crippen molar-refractivity contribution < 1.29 is 13.0 Å². The van der Waals surface area contributed by atoms with E-state index in [0.29, 0.717) is 5.69 Å². The largest absolute Gasteiger partial charge is 0.744 e. The lowest BCUT2D eigenvalue weighted by atomic mass is 10.3. The van der Waals surface area contributed by atoms with Crippen molar-refractivity contribution in [1.29, 1.82) is 0 Å². The number of benzene rings is 2. The molecule has 0 atom stereocenters. The van der Waals surface area contributed by atoms with Crippen molar-refractivity contribution in [3.8, 4) is 0 Å². The molecule has 0 aliphatic carbocycles. The highest BCUT2D eigenvalue weighted by molar-refractivity contribution is 7.85. The van der Waals surface area contributed by atoms with Gasteiger partial charge in [-0.3, -0.25) is 0 Å². The SMILES string of the molecule is O=S(=O)([O-])c1ccccc1N=Nc1ccccc1. The highest BCUT2D eigenvalue weighted by Gasteiger charge is 2.06. The predicted molar refractivity (Wildman–Crippen MR) is 65.0 cm³/mol. The molecule has 5 nitrogen and oxygen atoms in total. The van der Waals surface area contributed by atoms with Crippen molar-refractivity contribution in [2.45, 2.75) is 4.90 Å². The molecule has 0 saturated carbocycles. The topological polar surface area (TPSA) is 81.9 Å². The van der Waals surface area contributed by atoms with Crippen LogP contribution in [0, 0.1) is 0 Å². The fourth-order valence-electron chi connectivity index (χ4n) is 1.36. The summed E-state index contributed by atoms with van der Waals surface area (Å²) >= 11 is 0. The molecule has 0 bridgehead atoms. The second kappa shape index (κ2) is 5.07. The van der Waals surface area contributed by atoms with Crippen LogP contribution in [0.1, 0.15) is 0 Å². The Balaban J connectivity index is 2.39. The van der Waals surface area contributed by atoms with E-state index in [1.165, 1.54) is 18.2 Å². The van der Waals surface area contributed by atoms with Crippen LogP contribution in [-0.2, 0) is 10.1 Å². The Morgan fingerprint density at radius 1 is 0.833 bits per heavy atom. The molecule has 18 heavy (non-hydrogen) atoms. The van der Waals surface area contributed by atoms with Gasteiger partial charge in [-0.25, -0.2) is 8.42 Å². The van der Waals surface area contributed by atoms with Gasteiger partial charge in [0.05, 0.1) is 10.6 Å². The summed E-state index contributed by atoms with van der Waals surface area (Å²) in [6.45, 7) is 0. The van der Waals surface area contributed by atoms with Gasteiger partial charge in [-0.1, -0.05) is 30.3 Å². The zero-order chi connectivity index (χ0) is 13.0. The number of hydrogen-bond acceptors (Lipinski definition) is 5. The maximum Gasteiger partial charge on any atom is 0.126 e. The van der Waals surface area contributed by atoms with E-state index in [4.69, 9.17) is 0 Å². The van der Waals surface area contributed by atoms with Gasteiger partial charge in [0.1, 0.15) is 15.8 Å². The quantitative estimate of drug-likeness (QED) is 0.629. The molecule has 0 unspecified atom stereocenters. The maximum atomic E-state index is 11.0. The number of azo groups is 1. The van der Waals surface area contributed by atoms with Crippen LogP contribution in [0.5, 0.6) is 0 Å². The summed E-state index contributed by atoms with van der Waals surface area (Å²) in [4.78, 5) is -0.371. The first-order valence-corrected chi connectivity index (χ1v) is 6.50. The van der Waals surface area contributed by atoms with Gasteiger partial charge in [-0.15, -0.1) is 5.11 Å². The fraction of sp³-hybridized carbons (Fsp3) is 0. The molecule has 0 radical (unpaired) electrons. The van der Waals surface area contributed by atoms with E-state index in [9.17, 15) is 13.0 Å². The van der Waals surface area contributed by atoms with Crippen LogP contribution < -0.4 is 0 Å². The summed E-state index contributed by atoms with van der Waals surface area (Å²) in [5.74, 6) is 0. The van der Waals surface area contributed by atoms with Crippen molar-refractivity contribution >= 4 is 21.5 Å². The molecule has 0 N–H and O–H groups in total. The minimum atomic E-state index is -4.54. The lowest BCUT2D eigenvalue weighted by Gasteiger charge is -2.08. The van der Waals surface area contributed by atoms with Gasteiger partial charge in [0.2, 0.25) is 0 Å². The zero-order valence-electron chi connectivity index (χ0n) is 9.22. The first kappa shape index (κ1) is 12.4. The summed E-state index contributed by atoms with van der Waals surface area (Å²) < 4.78 is 33.0. The fourth-order valence-corrected chi connectivity index (χ4v) is 1.97. The minimum absolute atomic E-state index is 0.0383. The number of rotatable bonds is 3. The van der Waals surface area contributed by atoms with Crippen molar-refractivity contribution in [2.24, 2.45) is 10.2 Å². The average Bonchev–Trinajstić information content (AvgIpc) is 2.37. The minimum Gasteiger partial charge on any atom is -0.744 e. The standard InChI is InChI=1S/C12H10N2O3S/c15-18(16,17)12-9-5-4-8-11(12)14-13-10-6-2-1-3-7-10/h1-9H,(H,15,16,17)/p-1. The summed E-state index contributed by atoms with van der Waals surface area (Å²) in [5, 5.41) is 7.66. The molecule has 2 aromatic rings. The van der Waals surface area contributed by atoms with Crippen molar-refractivity contribution in [2.75, 3.05) is 0 Å². The smallest absolute Gasteiger partial charge is 0.126 e. The van der Waals surface area contributed by atoms with Gasteiger partial charge in [0, 0.05) is 0 Å². The molecular weight excluding hydrogens is 252 g/mol. The second-order valence-electron chi connectivity index (χ2n) is 3.46. The Labute approximate surface area is 105 Å².